The summed E-state index contributed by atoms with van der Waals surface area (Å²) in [6.07, 6.45) is 27.2. The Kier molecular flexibility index (Phi) is 28.4. The summed E-state index contributed by atoms with van der Waals surface area (Å²) >= 11 is 0. The Morgan fingerprint density at radius 2 is 0.620 bits per heavy atom. The van der Waals surface area contributed by atoms with Crippen LogP contribution in [0, 0.1) is 86.3 Å². The molecular formula is C112H149N3O22. The third-order valence-corrected chi connectivity index (χ3v) is 37.6. The molecule has 0 heterocycles. The van der Waals surface area contributed by atoms with Crippen LogP contribution in [0.4, 0.5) is 9.59 Å². The average Bonchev–Trinajstić information content (AvgIpc) is 1.65. The van der Waals surface area contributed by atoms with Crippen molar-refractivity contribution in [3.8, 4) is 28.7 Å². The van der Waals surface area contributed by atoms with Crippen molar-refractivity contribution in [1.29, 1.82) is 0 Å². The second-order valence-corrected chi connectivity index (χ2v) is 47.2. The van der Waals surface area contributed by atoms with Gasteiger partial charge in [0.05, 0.1) is 49.8 Å². The predicted molar refractivity (Wildman–Crippen MR) is 513 cm³/mol. The zero-order valence-electron chi connectivity index (χ0n) is 82.1. The standard InChI is InChI=1S/C45H59NO8.C40H51NO6.C18H24O2.C9H15NO6/c1-43(2,3)54-42(51)46-37(41(50)53-28-9-13-30-26(23-28)7-11-34-32(30)19-21-45(5)36(34)15-17-39(45)48)24-40(49)52-27-8-12-29-25(22-27)6-10-33-31(29)18-20-44(4)35(33)14-16-38(44)47;1-39-17-15-28-26-9-5-24(19-22(26)3-7-30(28)32(39)11-13-35(39)42)46-37(44)21-34(41)38(45)47-25-6-10-27-23(20-25)4-8-31-29(27)16-18-40(2)33(31)12-14-36(40)43;1-18-9-8-14-13-5-3-12(19)10-11(13)2-4-15(14)16(18)6-7-17(18)20;1-9(2,3)16-8(15)10-5(7(13)14)4-6(11)12/h8-9,12-13,22-23,31-39,47-48H,6-7,10-11,14-21,24H2,1-5H3,(H,46,51);5-6,9-10,19-20,28-36,42-43H,3-4,7-8,11-18,21,41H2,1-2H3;3,5,10,14-17,19-20H,2,4,6-9H2,1H3;5H,4H2,1-3H3,(H,10,15)(H,11,12)(H,13,14)/t31?,32?,33?,34?,35?,36?,37?,38-,39-,44-,45-;28?,29?,30?,31?,32?,33?,34?,35-,36-,39-,40-;14?,15?,16?,17-,18-;5-/m0000/s1. The Bertz CT molecular complexity index is 5370. The summed E-state index contributed by atoms with van der Waals surface area (Å²) < 4.78 is 33.3. The number of ether oxygens (including phenoxy) is 6. The molecule has 0 aliphatic heterocycles. The van der Waals surface area contributed by atoms with Gasteiger partial charge in [-0.25, -0.2) is 24.0 Å². The highest BCUT2D eigenvalue weighted by Gasteiger charge is 2.60. The zero-order valence-corrected chi connectivity index (χ0v) is 82.1. The fraction of sp³-hybridized carbons (Fsp3) is 0.661. The number of aliphatic hydroxyl groups excluding tert-OH is 5. The Hall–Kier alpha value is -8.98. The number of alkyl carbamates (subject to hydrolysis) is 2. The smallest absolute Gasteiger partial charge is 0.408 e. The monoisotopic (exact) mass is 1890 g/mol. The number of aliphatic hydroxyl groups is 5. The van der Waals surface area contributed by atoms with Crippen molar-refractivity contribution in [3.63, 3.8) is 0 Å². The number of carbonyl (C=O) groups is 8. The molecule has 17 unspecified atom stereocenters. The Morgan fingerprint density at radius 1 is 0.350 bits per heavy atom. The second kappa shape index (κ2) is 39.1. The van der Waals surface area contributed by atoms with Crippen LogP contribution in [0.5, 0.6) is 28.7 Å². The van der Waals surface area contributed by atoms with E-state index in [4.69, 9.17) is 44.4 Å². The molecule has 12 N–H and O–H groups in total. The van der Waals surface area contributed by atoms with Gasteiger partial charge < -0.3 is 85.6 Å². The normalized spacial score (nSPS) is 35.1. The molecule has 5 aromatic carbocycles. The number of esters is 4. The number of hydrogen-bond donors (Lipinski definition) is 11. The summed E-state index contributed by atoms with van der Waals surface area (Å²) in [5.41, 5.74) is 17.9. The van der Waals surface area contributed by atoms with Gasteiger partial charge in [0.1, 0.15) is 58.1 Å². The third-order valence-electron chi connectivity index (χ3n) is 37.6. The molecule has 10 saturated carbocycles. The minimum atomic E-state index is -1.49. The number of aliphatic carboxylic acids is 2. The predicted octanol–water partition coefficient (Wildman–Crippen LogP) is 18.3. The topological polar surface area (TPSA) is 404 Å². The van der Waals surface area contributed by atoms with Gasteiger partial charge in [0.15, 0.2) is 0 Å². The molecule has 2 amide bonds. The number of amides is 2. The van der Waals surface area contributed by atoms with Crippen molar-refractivity contribution in [2.45, 2.75) is 377 Å². The molecule has 20 rings (SSSR count). The largest absolute Gasteiger partial charge is 0.508 e. The summed E-state index contributed by atoms with van der Waals surface area (Å²) in [5.74, 6) is 5.30. The maximum absolute atomic E-state index is 13.7. The van der Waals surface area contributed by atoms with E-state index < -0.39 is 90.2 Å². The molecule has 0 bridgehead atoms. The molecule has 0 spiro atoms. The highest BCUT2D eigenvalue weighted by atomic mass is 16.6. The number of aromatic hydroxyl groups is 1. The lowest BCUT2D eigenvalue weighted by Crippen LogP contribution is -2.46. The van der Waals surface area contributed by atoms with Crippen molar-refractivity contribution in [2.75, 3.05) is 0 Å². The number of rotatable bonds is 15. The number of carbonyl (C=O) groups excluding carboxylic acids is 6. The van der Waals surface area contributed by atoms with E-state index in [-0.39, 0.29) is 64.0 Å². The van der Waals surface area contributed by atoms with Gasteiger partial charge in [-0.1, -0.05) is 65.0 Å². The van der Waals surface area contributed by atoms with Gasteiger partial charge in [0.25, 0.3) is 0 Å². The minimum Gasteiger partial charge on any atom is -0.508 e. The van der Waals surface area contributed by atoms with E-state index in [2.05, 4.69) is 70.3 Å². The third kappa shape index (κ3) is 20.1. The number of nitrogens with one attached hydrogen (secondary N) is 2. The zero-order chi connectivity index (χ0) is 97.7. The fourth-order valence-electron chi connectivity index (χ4n) is 30.5. The molecule has 15 aliphatic rings. The van der Waals surface area contributed by atoms with Crippen molar-refractivity contribution >= 4 is 48.0 Å². The first-order valence-electron chi connectivity index (χ1n) is 51.7. The van der Waals surface area contributed by atoms with E-state index in [0.29, 0.717) is 112 Å². The summed E-state index contributed by atoms with van der Waals surface area (Å²) in [6.45, 7) is 21.5. The van der Waals surface area contributed by atoms with Crippen molar-refractivity contribution in [1.82, 2.24) is 10.6 Å². The number of carboxylic acids is 2. The summed E-state index contributed by atoms with van der Waals surface area (Å²) in [5, 5.41) is 84.5. The van der Waals surface area contributed by atoms with Crippen molar-refractivity contribution in [3.05, 3.63) is 147 Å². The maximum atomic E-state index is 13.7. The van der Waals surface area contributed by atoms with Gasteiger partial charge in [-0.2, -0.15) is 0 Å². The van der Waals surface area contributed by atoms with Crippen LogP contribution in [0.15, 0.2) is 91.0 Å². The average molecular weight is 1890 g/mol. The summed E-state index contributed by atoms with van der Waals surface area (Å²) in [4.78, 5) is 97.9. The highest BCUT2D eigenvalue weighted by Crippen LogP contribution is 2.67. The highest BCUT2D eigenvalue weighted by molar-refractivity contribution is 5.89. The number of phenols is 1. The Morgan fingerprint density at radius 3 is 0.912 bits per heavy atom. The lowest BCUT2D eigenvalue weighted by Gasteiger charge is -2.50. The van der Waals surface area contributed by atoms with Crippen LogP contribution in [0.2, 0.25) is 0 Å². The van der Waals surface area contributed by atoms with Gasteiger partial charge in [-0.05, 0) is 466 Å². The number of carboxylic acid groups (broad SMARTS) is 2. The first-order chi connectivity index (χ1) is 64.9. The first-order valence-corrected chi connectivity index (χ1v) is 51.7. The van der Waals surface area contributed by atoms with Gasteiger partial charge in [-0.3, -0.25) is 14.4 Å². The first kappa shape index (κ1) is 99.6. The van der Waals surface area contributed by atoms with E-state index in [0.717, 1.165) is 179 Å². The fourth-order valence-corrected chi connectivity index (χ4v) is 30.5. The van der Waals surface area contributed by atoms with Gasteiger partial charge in [0.2, 0.25) is 0 Å². The number of nitrogens with two attached hydrogens (primary N) is 1. The second-order valence-electron chi connectivity index (χ2n) is 47.2. The molecule has 0 aromatic heterocycles. The van der Waals surface area contributed by atoms with Crippen LogP contribution in [-0.2, 0) is 70.3 Å². The summed E-state index contributed by atoms with van der Waals surface area (Å²) in [7, 11) is 0. The van der Waals surface area contributed by atoms with Crippen LogP contribution in [0.25, 0.3) is 0 Å². The van der Waals surface area contributed by atoms with E-state index in [1.165, 1.54) is 74.9 Å². The molecule has 28 atom stereocenters. The van der Waals surface area contributed by atoms with Crippen LogP contribution >= 0.6 is 0 Å². The van der Waals surface area contributed by atoms with Crippen LogP contribution in [0.1, 0.15) is 341 Å². The van der Waals surface area contributed by atoms with E-state index >= 15 is 0 Å². The molecule has 0 saturated heterocycles. The van der Waals surface area contributed by atoms with Crippen molar-refractivity contribution < 1.29 is 108 Å². The van der Waals surface area contributed by atoms with Crippen LogP contribution in [0.3, 0.4) is 0 Å². The molecule has 25 nitrogen and oxygen atoms in total. The number of hydrogen-bond acceptors (Lipinski definition) is 21. The van der Waals surface area contributed by atoms with Crippen LogP contribution in [-0.4, -0.2) is 149 Å². The molecule has 744 valence electrons. The molecule has 137 heavy (non-hydrogen) atoms. The van der Waals surface area contributed by atoms with Gasteiger partial charge in [-0.15, -0.1) is 0 Å². The lowest BCUT2D eigenvalue weighted by molar-refractivity contribution is -0.145. The molecule has 15 aliphatic carbocycles. The molecular weight excluding hydrogens is 1740 g/mol. The van der Waals surface area contributed by atoms with Crippen LogP contribution < -0.4 is 35.3 Å². The van der Waals surface area contributed by atoms with E-state index in [1.807, 2.05) is 66.0 Å². The maximum Gasteiger partial charge on any atom is 0.408 e. The number of aryl methyl sites for hydroxylation is 5. The van der Waals surface area contributed by atoms with Gasteiger partial charge in [0, 0.05) is 0 Å². The number of fused-ring (bicyclic) bond motifs is 25. The molecule has 0 radical (unpaired) electrons. The van der Waals surface area contributed by atoms with E-state index in [1.54, 1.807) is 41.5 Å². The number of phenolic OH excluding ortho intramolecular Hbond substituents is 1. The SMILES string of the molecule is CC(C)(C)OC(=O)NC(CC(=O)Oc1ccc2c(c1)CCC1C2CC[C@@]2(C)C1CC[C@@H]2O)C(=O)Oc1ccc2c(c1)CCC1C2CC[C@@]2(C)C1CC[C@@H]2O.CC(C)(C)OC(=O)N[C@@H](CC(=O)O)C(=O)O.C[C@]12CCC3c4ccc(O)cc4CCC3C1CC[C@@H]2O.C[C@]12CCC3c4ccc(OC(=O)CC(N)C(=O)Oc5ccc6c(c5)CCC5C6CC[C@@]6(C)C5CC[C@@H]6O)cc4CCC3C1CC[C@@H]2O. The molecule has 25 heteroatoms. The van der Waals surface area contributed by atoms with Gasteiger partial charge >= 0.3 is 48.0 Å². The quantitative estimate of drug-likeness (QED) is 0.0342. The van der Waals surface area contributed by atoms with E-state index in [9.17, 15) is 69.0 Å². The summed E-state index contributed by atoms with van der Waals surface area (Å²) in [6, 6.07) is 25.7. The Labute approximate surface area is 806 Å². The Balaban J connectivity index is 0.000000141. The lowest BCUT2D eigenvalue weighted by atomic mass is 9.55. The number of benzene rings is 5. The molecule has 10 fully saturated rings. The minimum absolute atomic E-state index is 0.00788. The van der Waals surface area contributed by atoms with Crippen molar-refractivity contribution in [2.24, 2.45) is 92.0 Å². The molecule has 5 aromatic rings.